The Morgan fingerprint density at radius 2 is 1.43 bits per heavy atom. The van der Waals surface area contributed by atoms with Crippen LogP contribution in [0.1, 0.15) is 0 Å². The predicted octanol–water partition coefficient (Wildman–Crippen LogP) is 3.32. The second kappa shape index (κ2) is 3.62. The monoisotopic (exact) mass is 220 g/mol. The third-order valence-electron chi connectivity index (χ3n) is 1.73. The maximum atomic E-state index is 12.6. The van der Waals surface area contributed by atoms with Crippen molar-refractivity contribution in [3.8, 4) is 0 Å². The number of hydrogen-bond donors (Lipinski definition) is 0. The highest BCUT2D eigenvalue weighted by atomic mass is 19.3. The Labute approximate surface area is 73.7 Å². The first-order valence-corrected chi connectivity index (χ1v) is 3.40. The highest BCUT2D eigenvalue weighted by molar-refractivity contribution is 5.38. The van der Waals surface area contributed by atoms with E-state index in [2.05, 4.69) is 0 Å². The lowest BCUT2D eigenvalue weighted by atomic mass is 9.95. The van der Waals surface area contributed by atoms with Crippen LogP contribution in [-0.4, -0.2) is 18.5 Å². The molecular formula is C7H3F7. The summed E-state index contributed by atoms with van der Waals surface area (Å²) in [7, 11) is 0. The second-order valence-corrected chi connectivity index (χ2v) is 2.58. The summed E-state index contributed by atoms with van der Waals surface area (Å²) in [5.74, 6) is -4.70. The Bertz CT molecular complexity index is 301. The molecule has 1 rings (SSSR count). The van der Waals surface area contributed by atoms with Crippen LogP contribution in [0.15, 0.2) is 23.3 Å². The molecule has 0 aromatic carbocycles. The molecule has 0 heterocycles. The van der Waals surface area contributed by atoms with Gasteiger partial charge in [-0.15, -0.1) is 0 Å². The molecular weight excluding hydrogens is 217 g/mol. The van der Waals surface area contributed by atoms with Crippen molar-refractivity contribution in [1.29, 1.82) is 0 Å². The summed E-state index contributed by atoms with van der Waals surface area (Å²) in [6.45, 7) is 0. The molecule has 0 fully saturated rings. The minimum Gasteiger partial charge on any atom is -0.240 e. The van der Waals surface area contributed by atoms with E-state index in [1.807, 2.05) is 0 Å². The summed E-state index contributed by atoms with van der Waals surface area (Å²) in [6.07, 6.45) is -12.4. The van der Waals surface area contributed by atoms with Crippen LogP contribution in [0, 0.1) is 0 Å². The van der Waals surface area contributed by atoms with Gasteiger partial charge in [0, 0.05) is 0 Å². The van der Waals surface area contributed by atoms with Crippen LogP contribution in [0.2, 0.25) is 0 Å². The first-order valence-electron chi connectivity index (χ1n) is 3.40. The molecule has 0 aliphatic heterocycles. The minimum atomic E-state index is -3.19. The zero-order valence-electron chi connectivity index (χ0n) is 6.38. The normalized spacial score (nSPS) is 33.6. The molecule has 0 spiro atoms. The molecule has 0 amide bonds. The van der Waals surface area contributed by atoms with E-state index in [1.165, 1.54) is 0 Å². The quantitative estimate of drug-likeness (QED) is 0.549. The average Bonchev–Trinajstić information content (AvgIpc) is 2.11. The summed E-state index contributed by atoms with van der Waals surface area (Å²) in [4.78, 5) is 0. The zero-order valence-corrected chi connectivity index (χ0v) is 6.38. The van der Waals surface area contributed by atoms with Gasteiger partial charge in [-0.3, -0.25) is 0 Å². The molecule has 0 N–H and O–H groups in total. The summed E-state index contributed by atoms with van der Waals surface area (Å²) < 4.78 is 85.8. The van der Waals surface area contributed by atoms with Crippen LogP contribution < -0.4 is 0 Å². The van der Waals surface area contributed by atoms with Crippen molar-refractivity contribution in [2.75, 3.05) is 0 Å². The lowest BCUT2D eigenvalue weighted by molar-refractivity contribution is 0.0874. The third kappa shape index (κ3) is 1.51. The van der Waals surface area contributed by atoms with Crippen molar-refractivity contribution < 1.29 is 30.7 Å². The van der Waals surface area contributed by atoms with Crippen LogP contribution in [0.25, 0.3) is 0 Å². The molecule has 0 radical (unpaired) electrons. The Morgan fingerprint density at radius 3 is 1.86 bits per heavy atom. The molecule has 1 aliphatic rings. The van der Waals surface area contributed by atoms with E-state index < -0.39 is 41.8 Å². The molecule has 14 heavy (non-hydrogen) atoms. The van der Waals surface area contributed by atoms with Gasteiger partial charge in [-0.2, -0.15) is 8.78 Å². The van der Waals surface area contributed by atoms with Gasteiger partial charge in [-0.05, 0) is 0 Å². The van der Waals surface area contributed by atoms with Gasteiger partial charge in [0.25, 0.3) is 6.08 Å². The topological polar surface area (TPSA) is 0 Å². The van der Waals surface area contributed by atoms with E-state index in [-0.39, 0.29) is 0 Å². The fourth-order valence-corrected chi connectivity index (χ4v) is 1.01. The summed E-state index contributed by atoms with van der Waals surface area (Å²) in [6, 6.07) is 0. The molecule has 1 aliphatic carbocycles. The summed E-state index contributed by atoms with van der Waals surface area (Å²) in [5, 5.41) is 0. The largest absolute Gasteiger partial charge is 0.279 e. The van der Waals surface area contributed by atoms with Crippen molar-refractivity contribution in [1.82, 2.24) is 0 Å². The maximum absolute atomic E-state index is 12.6. The van der Waals surface area contributed by atoms with Crippen molar-refractivity contribution >= 4 is 0 Å². The minimum absolute atomic E-state index is 2.05. The van der Waals surface area contributed by atoms with Crippen molar-refractivity contribution in [3.63, 3.8) is 0 Å². The van der Waals surface area contributed by atoms with E-state index in [1.54, 1.807) is 0 Å². The van der Waals surface area contributed by atoms with Gasteiger partial charge >= 0.3 is 0 Å². The van der Waals surface area contributed by atoms with Crippen molar-refractivity contribution in [2.45, 2.75) is 18.5 Å². The molecule has 0 saturated carbocycles. The van der Waals surface area contributed by atoms with Gasteiger partial charge in [0.05, 0.1) is 5.57 Å². The van der Waals surface area contributed by atoms with E-state index >= 15 is 0 Å². The first kappa shape index (κ1) is 11.1. The maximum Gasteiger partial charge on any atom is 0.279 e. The van der Waals surface area contributed by atoms with Gasteiger partial charge in [-0.25, -0.2) is 22.0 Å². The van der Waals surface area contributed by atoms with Gasteiger partial charge in [0.15, 0.2) is 30.2 Å². The molecule has 7 heteroatoms. The van der Waals surface area contributed by atoms with E-state index in [0.29, 0.717) is 0 Å². The smallest absolute Gasteiger partial charge is 0.240 e. The van der Waals surface area contributed by atoms with Crippen LogP contribution >= 0.6 is 0 Å². The highest BCUT2D eigenvalue weighted by Gasteiger charge is 2.46. The molecule has 80 valence electrons. The van der Waals surface area contributed by atoms with Crippen LogP contribution in [0.4, 0.5) is 30.7 Å². The lowest BCUT2D eigenvalue weighted by Gasteiger charge is -2.23. The summed E-state index contributed by atoms with van der Waals surface area (Å²) in [5.41, 5.74) is -2.05. The molecule has 0 bridgehead atoms. The van der Waals surface area contributed by atoms with Crippen LogP contribution in [0.3, 0.4) is 0 Å². The molecule has 0 aromatic rings. The molecule has 3 atom stereocenters. The Hall–Kier alpha value is -1.01. The molecule has 0 saturated heterocycles. The molecule has 0 aromatic heterocycles. The predicted molar refractivity (Wildman–Crippen MR) is 33.2 cm³/mol. The Kier molecular flexibility index (Phi) is 2.86. The zero-order chi connectivity index (χ0) is 11.0. The Morgan fingerprint density at radius 1 is 0.929 bits per heavy atom. The summed E-state index contributed by atoms with van der Waals surface area (Å²) >= 11 is 0. The van der Waals surface area contributed by atoms with Gasteiger partial charge in [0.2, 0.25) is 0 Å². The number of hydrogen-bond acceptors (Lipinski definition) is 0. The average molecular weight is 220 g/mol. The van der Waals surface area contributed by atoms with Gasteiger partial charge in [0.1, 0.15) is 0 Å². The SMILES string of the molecule is FC(F)=C1C(F)=C(F)C(F)C(F)C1F. The number of rotatable bonds is 0. The second-order valence-electron chi connectivity index (χ2n) is 2.58. The fourth-order valence-electron chi connectivity index (χ4n) is 1.01. The van der Waals surface area contributed by atoms with Crippen molar-refractivity contribution in [2.24, 2.45) is 0 Å². The molecule has 0 nitrogen and oxygen atoms in total. The number of allylic oxidation sites excluding steroid dienone is 3. The fraction of sp³-hybridized carbons (Fsp3) is 0.429. The number of halogens is 7. The van der Waals surface area contributed by atoms with Crippen LogP contribution in [0.5, 0.6) is 0 Å². The van der Waals surface area contributed by atoms with E-state index in [4.69, 9.17) is 0 Å². The van der Waals surface area contributed by atoms with Gasteiger partial charge in [-0.1, -0.05) is 0 Å². The van der Waals surface area contributed by atoms with Crippen LogP contribution in [-0.2, 0) is 0 Å². The first-order chi connectivity index (χ1) is 6.37. The number of alkyl halides is 3. The van der Waals surface area contributed by atoms with E-state index in [0.717, 1.165) is 0 Å². The lowest BCUT2D eigenvalue weighted by Crippen LogP contribution is -2.35. The highest BCUT2D eigenvalue weighted by Crippen LogP contribution is 2.39. The van der Waals surface area contributed by atoms with Crippen molar-refractivity contribution in [3.05, 3.63) is 23.3 Å². The Balaban J connectivity index is 3.29. The molecule has 3 unspecified atom stereocenters. The third-order valence-corrected chi connectivity index (χ3v) is 1.73. The standard InChI is InChI=1S/C7H3F7/c8-2-1(7(13)14)3(9)5(11)6(12)4(2)10/h2,4,6H. The van der Waals surface area contributed by atoms with Gasteiger partial charge < -0.3 is 0 Å². The van der Waals surface area contributed by atoms with E-state index in [9.17, 15) is 30.7 Å².